The highest BCUT2D eigenvalue weighted by Crippen LogP contribution is 2.34. The van der Waals surface area contributed by atoms with E-state index in [4.69, 9.17) is 35.3 Å². The van der Waals surface area contributed by atoms with Gasteiger partial charge in [-0.25, -0.2) is 0 Å². The Labute approximate surface area is 296 Å². The van der Waals surface area contributed by atoms with E-state index in [2.05, 4.69) is 55.1 Å². The second kappa shape index (κ2) is 18.7. The summed E-state index contributed by atoms with van der Waals surface area (Å²) in [7, 11) is 0. The average Bonchev–Trinajstić information content (AvgIpc) is 3.13. The number of hydrogen-bond acceptors (Lipinski definition) is 5. The zero-order valence-corrected chi connectivity index (χ0v) is 29.4. The molecule has 6 heteroatoms. The van der Waals surface area contributed by atoms with Crippen LogP contribution in [0.5, 0.6) is 5.75 Å². The van der Waals surface area contributed by atoms with Crippen LogP contribution in [0.1, 0.15) is 43.0 Å². The molecule has 5 rings (SSSR count). The summed E-state index contributed by atoms with van der Waals surface area (Å²) < 4.78 is 32.3. The van der Waals surface area contributed by atoms with Gasteiger partial charge in [0, 0.05) is 5.03 Å². The molecule has 0 aromatic heterocycles. The van der Waals surface area contributed by atoms with E-state index in [1.54, 1.807) is 0 Å². The Kier molecular flexibility index (Phi) is 13.9. The molecule has 4 aromatic rings. The van der Waals surface area contributed by atoms with Crippen LogP contribution in [-0.4, -0.2) is 37.1 Å². The average molecular weight is 679 g/mol. The first-order valence-corrected chi connectivity index (χ1v) is 17.3. The summed E-state index contributed by atoms with van der Waals surface area (Å²) in [6.07, 6.45) is 2.40. The third kappa shape index (κ3) is 10.8. The molecule has 256 valence electrons. The van der Waals surface area contributed by atoms with Gasteiger partial charge >= 0.3 is 0 Å². The van der Waals surface area contributed by atoms with Gasteiger partial charge in [0.05, 0.1) is 32.5 Å². The van der Waals surface area contributed by atoms with E-state index in [0.29, 0.717) is 31.5 Å². The summed E-state index contributed by atoms with van der Waals surface area (Å²) in [4.78, 5) is 0. The second-order valence-electron chi connectivity index (χ2n) is 12.3. The van der Waals surface area contributed by atoms with Gasteiger partial charge in [-0.2, -0.15) is 0 Å². The third-order valence-corrected chi connectivity index (χ3v) is 8.99. The summed E-state index contributed by atoms with van der Waals surface area (Å²) >= 11 is 6.83. The van der Waals surface area contributed by atoms with Gasteiger partial charge in [-0.3, -0.25) is 0 Å². The minimum absolute atomic E-state index is 0.302. The van der Waals surface area contributed by atoms with Crippen molar-refractivity contribution in [1.82, 2.24) is 0 Å². The number of ether oxygens (including phenoxy) is 5. The van der Waals surface area contributed by atoms with Gasteiger partial charge in [-0.05, 0) is 73.2 Å². The Morgan fingerprint density at radius 1 is 0.673 bits per heavy atom. The van der Waals surface area contributed by atoms with Crippen molar-refractivity contribution in [3.63, 3.8) is 0 Å². The molecule has 1 aliphatic rings. The topological polar surface area (TPSA) is 46.2 Å². The lowest BCUT2D eigenvalue weighted by Gasteiger charge is -2.45. The van der Waals surface area contributed by atoms with Crippen molar-refractivity contribution in [2.75, 3.05) is 6.61 Å². The third-order valence-electron chi connectivity index (χ3n) is 8.55. The first kappa shape index (κ1) is 36.3. The highest BCUT2D eigenvalue weighted by atomic mass is 35.5. The summed E-state index contributed by atoms with van der Waals surface area (Å²) in [6, 6.07) is 38.5. The number of halogens is 1. The van der Waals surface area contributed by atoms with Crippen LogP contribution in [0.4, 0.5) is 0 Å². The number of hydrogen-bond donors (Lipinski definition) is 0. The molecule has 0 bridgehead atoms. The maximum absolute atomic E-state index is 6.83. The monoisotopic (exact) mass is 678 g/mol. The van der Waals surface area contributed by atoms with E-state index in [-0.39, 0.29) is 6.10 Å². The molecule has 49 heavy (non-hydrogen) atoms. The Morgan fingerprint density at radius 2 is 1.16 bits per heavy atom. The van der Waals surface area contributed by atoms with Crippen LogP contribution in [0.15, 0.2) is 150 Å². The molecule has 0 spiro atoms. The molecule has 0 unspecified atom stereocenters. The predicted octanol–water partition coefficient (Wildman–Crippen LogP) is 9.80. The molecular formula is C43H47ClO5. The molecular weight excluding hydrogens is 632 g/mol. The van der Waals surface area contributed by atoms with E-state index < -0.39 is 24.4 Å². The fourth-order valence-electron chi connectivity index (χ4n) is 5.89. The van der Waals surface area contributed by atoms with Crippen molar-refractivity contribution < 1.29 is 23.7 Å². The highest BCUT2D eigenvalue weighted by molar-refractivity contribution is 6.31. The quantitative estimate of drug-likeness (QED) is 0.110. The minimum atomic E-state index is -0.509. The molecule has 0 saturated carbocycles. The lowest BCUT2D eigenvalue weighted by molar-refractivity contribution is -0.253. The van der Waals surface area contributed by atoms with Gasteiger partial charge in [-0.1, -0.05) is 133 Å². The van der Waals surface area contributed by atoms with Gasteiger partial charge in [0.15, 0.2) is 0 Å². The first-order chi connectivity index (χ1) is 23.9. The molecule has 1 heterocycles. The van der Waals surface area contributed by atoms with Crippen LogP contribution in [0.25, 0.3) is 0 Å². The minimum Gasteiger partial charge on any atom is -0.494 e. The van der Waals surface area contributed by atoms with Crippen LogP contribution >= 0.6 is 11.6 Å². The van der Waals surface area contributed by atoms with E-state index in [1.165, 1.54) is 0 Å². The summed E-state index contributed by atoms with van der Waals surface area (Å²) in [5, 5.41) is 0.654. The van der Waals surface area contributed by atoms with E-state index in [0.717, 1.165) is 45.6 Å². The Bertz CT molecular complexity index is 1640. The summed E-state index contributed by atoms with van der Waals surface area (Å²) in [6.45, 7) is 12.4. The number of benzene rings is 4. The molecule has 5 nitrogen and oxygen atoms in total. The second-order valence-corrected chi connectivity index (χ2v) is 12.7. The number of rotatable bonds is 16. The van der Waals surface area contributed by atoms with Crippen LogP contribution < -0.4 is 4.74 Å². The van der Waals surface area contributed by atoms with Gasteiger partial charge in [-0.15, -0.1) is 0 Å². The molecule has 1 saturated heterocycles. The summed E-state index contributed by atoms with van der Waals surface area (Å²) in [5.41, 5.74) is 6.15. The van der Waals surface area contributed by atoms with Gasteiger partial charge in [0.2, 0.25) is 0 Å². The molecule has 0 N–H and O–H groups in total. The largest absolute Gasteiger partial charge is 0.494 e. The van der Waals surface area contributed by atoms with E-state index in [1.807, 2.05) is 99.7 Å². The SMILES string of the molecule is C=C(/C=C\C(Cl)=C(/C)Cc1ccc(OCC)cc1)[C@@H]1O[C@H](C)[C@@H](OCc2ccccc2)[C@H](OCc2ccccc2)[C@H]1OCc1ccccc1. The van der Waals surface area contributed by atoms with Crippen LogP contribution in [0.3, 0.4) is 0 Å². The van der Waals surface area contributed by atoms with Crippen LogP contribution in [-0.2, 0) is 45.2 Å². The fraction of sp³-hybridized carbons (Fsp3) is 0.302. The fourth-order valence-corrected chi connectivity index (χ4v) is 6.02. The molecule has 5 atom stereocenters. The van der Waals surface area contributed by atoms with E-state index in [9.17, 15) is 0 Å². The lowest BCUT2D eigenvalue weighted by Crippen LogP contribution is -2.59. The van der Waals surface area contributed by atoms with Crippen molar-refractivity contribution in [2.45, 2.75) is 77.5 Å². The zero-order valence-electron chi connectivity index (χ0n) is 28.7. The molecule has 0 amide bonds. The maximum atomic E-state index is 6.83. The molecule has 1 fully saturated rings. The van der Waals surface area contributed by atoms with Crippen LogP contribution in [0, 0.1) is 0 Å². The molecule has 0 aliphatic carbocycles. The lowest BCUT2D eigenvalue weighted by atomic mass is 9.90. The zero-order chi connectivity index (χ0) is 34.4. The van der Waals surface area contributed by atoms with Crippen molar-refractivity contribution in [1.29, 1.82) is 0 Å². The Balaban J connectivity index is 1.38. The molecule has 1 aliphatic heterocycles. The first-order valence-electron chi connectivity index (χ1n) is 17.0. The van der Waals surface area contributed by atoms with Gasteiger partial charge < -0.3 is 23.7 Å². The molecule has 0 radical (unpaired) electrons. The highest BCUT2D eigenvalue weighted by Gasteiger charge is 2.47. The standard InChI is InChI=1S/C43H47ClO5/c1-5-45-38-24-22-34(23-25-38)27-32(3)39(44)26-21-31(2)40-42(47-29-36-17-11-7-12-18-36)43(48-30-37-19-13-8-14-20-37)41(33(4)49-40)46-28-35-15-9-6-10-16-35/h6-26,33,40-43H,2,5,27-30H2,1,3-4H3/b26-21-,39-32-/t33-,40+,41-,42+,43+/m1/s1. The summed E-state index contributed by atoms with van der Waals surface area (Å²) in [5.74, 6) is 0.861. The van der Waals surface area contributed by atoms with Crippen LogP contribution in [0.2, 0.25) is 0 Å². The van der Waals surface area contributed by atoms with Crippen molar-refractivity contribution >= 4 is 11.6 Å². The Morgan fingerprint density at radius 3 is 1.67 bits per heavy atom. The van der Waals surface area contributed by atoms with Gasteiger partial charge in [0.25, 0.3) is 0 Å². The van der Waals surface area contributed by atoms with E-state index >= 15 is 0 Å². The number of allylic oxidation sites excluding steroid dienone is 3. The smallest absolute Gasteiger partial charge is 0.119 e. The predicted molar refractivity (Wildman–Crippen MR) is 198 cm³/mol. The normalized spacial score (nSPS) is 21.3. The maximum Gasteiger partial charge on any atom is 0.119 e. The van der Waals surface area contributed by atoms with Gasteiger partial charge in [0.1, 0.15) is 30.2 Å². The Hall–Kier alpha value is -3.97. The molecule has 4 aromatic carbocycles. The van der Waals surface area contributed by atoms with Crippen molar-refractivity contribution in [2.24, 2.45) is 0 Å². The van der Waals surface area contributed by atoms with Crippen molar-refractivity contribution in [3.05, 3.63) is 172 Å². The van der Waals surface area contributed by atoms with Crippen molar-refractivity contribution in [3.8, 4) is 5.75 Å².